The van der Waals surface area contributed by atoms with Crippen molar-refractivity contribution in [1.29, 1.82) is 0 Å². The van der Waals surface area contributed by atoms with Gasteiger partial charge in [-0.05, 0) is 34.9 Å². The Labute approximate surface area is 166 Å². The summed E-state index contributed by atoms with van der Waals surface area (Å²) in [6.07, 6.45) is 0. The Bertz CT molecular complexity index is 1090. The summed E-state index contributed by atoms with van der Waals surface area (Å²) in [6.45, 7) is 2.84. The third-order valence-corrected chi connectivity index (χ3v) is 5.80. The molecule has 0 saturated carbocycles. The SMILES string of the molecule is C[C@H](c1ccccc1)N1COc2ccc3ccccc3c2[C@H]1c1ccccc1. The van der Waals surface area contributed by atoms with E-state index in [-0.39, 0.29) is 12.1 Å². The van der Waals surface area contributed by atoms with Crippen LogP contribution in [-0.2, 0) is 0 Å². The van der Waals surface area contributed by atoms with Crippen LogP contribution in [0.3, 0.4) is 0 Å². The van der Waals surface area contributed by atoms with E-state index < -0.39 is 0 Å². The normalized spacial score (nSPS) is 17.7. The van der Waals surface area contributed by atoms with E-state index in [2.05, 4.69) is 109 Å². The molecule has 0 bridgehead atoms. The fourth-order valence-corrected chi connectivity index (χ4v) is 4.32. The minimum atomic E-state index is 0.145. The van der Waals surface area contributed by atoms with Gasteiger partial charge in [0.1, 0.15) is 12.5 Å². The molecule has 1 aliphatic rings. The molecule has 0 radical (unpaired) electrons. The fraction of sp³-hybridized carbons (Fsp3) is 0.154. The summed E-state index contributed by atoms with van der Waals surface area (Å²) in [5, 5.41) is 2.51. The molecule has 0 aromatic heterocycles. The standard InChI is InChI=1S/C26H23NO/c1-19(20-10-4-2-5-11-20)27-18-28-24-17-16-21-12-8-9-15-23(21)25(24)26(27)22-13-6-3-7-14-22/h2-17,19,26H,18H2,1H3/t19-,26-/m1/s1. The molecule has 4 aromatic rings. The Morgan fingerprint density at radius 1 is 0.786 bits per heavy atom. The van der Waals surface area contributed by atoms with Crippen LogP contribution >= 0.6 is 0 Å². The van der Waals surface area contributed by atoms with E-state index in [1.807, 2.05) is 0 Å². The van der Waals surface area contributed by atoms with Gasteiger partial charge in [-0.2, -0.15) is 0 Å². The lowest BCUT2D eigenvalue weighted by Gasteiger charge is -2.41. The van der Waals surface area contributed by atoms with E-state index in [1.165, 1.54) is 27.5 Å². The second kappa shape index (κ2) is 7.14. The Hall–Kier alpha value is -3.10. The van der Waals surface area contributed by atoms with Crippen molar-refractivity contribution in [2.75, 3.05) is 6.73 Å². The molecule has 5 rings (SSSR count). The average Bonchev–Trinajstić information content (AvgIpc) is 2.79. The highest BCUT2D eigenvalue weighted by Gasteiger charge is 2.34. The number of benzene rings is 4. The fourth-order valence-electron chi connectivity index (χ4n) is 4.32. The summed E-state index contributed by atoms with van der Waals surface area (Å²) in [6, 6.07) is 34.7. The van der Waals surface area contributed by atoms with Crippen LogP contribution in [0.4, 0.5) is 0 Å². The number of ether oxygens (including phenoxy) is 1. The maximum atomic E-state index is 6.26. The van der Waals surface area contributed by atoms with Crippen molar-refractivity contribution in [3.05, 3.63) is 114 Å². The van der Waals surface area contributed by atoms with Gasteiger partial charge in [0, 0.05) is 11.6 Å². The van der Waals surface area contributed by atoms with Crippen molar-refractivity contribution in [3.8, 4) is 5.75 Å². The van der Waals surface area contributed by atoms with E-state index >= 15 is 0 Å². The predicted octanol–water partition coefficient (Wildman–Crippen LogP) is 6.34. The van der Waals surface area contributed by atoms with Crippen molar-refractivity contribution in [1.82, 2.24) is 4.90 Å². The summed E-state index contributed by atoms with van der Waals surface area (Å²) < 4.78 is 6.26. The second-order valence-corrected chi connectivity index (χ2v) is 7.39. The summed E-state index contributed by atoms with van der Waals surface area (Å²) >= 11 is 0. The van der Waals surface area contributed by atoms with Gasteiger partial charge in [0.2, 0.25) is 0 Å². The maximum Gasteiger partial charge on any atom is 0.143 e. The van der Waals surface area contributed by atoms with Crippen LogP contribution in [0.25, 0.3) is 10.8 Å². The third-order valence-electron chi connectivity index (χ3n) is 5.80. The first-order valence-electron chi connectivity index (χ1n) is 9.83. The summed E-state index contributed by atoms with van der Waals surface area (Å²) in [4.78, 5) is 2.46. The van der Waals surface area contributed by atoms with Crippen LogP contribution in [0.5, 0.6) is 5.75 Å². The van der Waals surface area contributed by atoms with Crippen LogP contribution in [0.1, 0.15) is 35.7 Å². The third kappa shape index (κ3) is 2.87. The van der Waals surface area contributed by atoms with Crippen LogP contribution in [0.15, 0.2) is 97.1 Å². The molecule has 0 N–H and O–H groups in total. The summed E-state index contributed by atoms with van der Waals surface area (Å²) in [5.41, 5.74) is 3.86. The van der Waals surface area contributed by atoms with Gasteiger partial charge in [0.25, 0.3) is 0 Å². The first-order valence-corrected chi connectivity index (χ1v) is 9.83. The molecule has 2 atom stereocenters. The molecule has 2 nitrogen and oxygen atoms in total. The van der Waals surface area contributed by atoms with Gasteiger partial charge in [-0.15, -0.1) is 0 Å². The van der Waals surface area contributed by atoms with Gasteiger partial charge in [-0.25, -0.2) is 0 Å². The van der Waals surface area contributed by atoms with Gasteiger partial charge < -0.3 is 4.74 Å². The highest BCUT2D eigenvalue weighted by molar-refractivity contribution is 5.89. The minimum absolute atomic E-state index is 0.145. The van der Waals surface area contributed by atoms with Gasteiger partial charge in [-0.3, -0.25) is 4.90 Å². The van der Waals surface area contributed by atoms with E-state index in [1.54, 1.807) is 0 Å². The molecule has 0 saturated heterocycles. The molecule has 1 aliphatic heterocycles. The zero-order valence-electron chi connectivity index (χ0n) is 16.0. The van der Waals surface area contributed by atoms with E-state index in [4.69, 9.17) is 4.74 Å². The quantitative estimate of drug-likeness (QED) is 0.420. The summed E-state index contributed by atoms with van der Waals surface area (Å²) in [5.74, 6) is 0.990. The van der Waals surface area contributed by atoms with Crippen molar-refractivity contribution in [2.45, 2.75) is 19.0 Å². The topological polar surface area (TPSA) is 12.5 Å². The molecule has 1 heterocycles. The largest absolute Gasteiger partial charge is 0.478 e. The Kier molecular flexibility index (Phi) is 4.34. The highest BCUT2D eigenvalue weighted by atomic mass is 16.5. The molecular weight excluding hydrogens is 342 g/mol. The van der Waals surface area contributed by atoms with Gasteiger partial charge in [0.15, 0.2) is 0 Å². The number of hydrogen-bond donors (Lipinski definition) is 0. The van der Waals surface area contributed by atoms with Crippen molar-refractivity contribution in [2.24, 2.45) is 0 Å². The molecule has 138 valence electrons. The Morgan fingerprint density at radius 3 is 2.25 bits per heavy atom. The molecule has 4 aromatic carbocycles. The predicted molar refractivity (Wildman–Crippen MR) is 114 cm³/mol. The monoisotopic (exact) mass is 365 g/mol. The van der Waals surface area contributed by atoms with E-state index in [0.29, 0.717) is 6.73 Å². The number of nitrogens with zero attached hydrogens (tertiary/aromatic N) is 1. The minimum Gasteiger partial charge on any atom is -0.478 e. The van der Waals surface area contributed by atoms with E-state index in [0.717, 1.165) is 5.75 Å². The van der Waals surface area contributed by atoms with Crippen molar-refractivity contribution < 1.29 is 4.74 Å². The molecule has 0 spiro atoms. The van der Waals surface area contributed by atoms with Crippen LogP contribution in [0, 0.1) is 0 Å². The molecule has 2 heteroatoms. The molecule has 0 amide bonds. The first-order chi connectivity index (χ1) is 13.8. The average molecular weight is 365 g/mol. The summed E-state index contributed by atoms with van der Waals surface area (Å²) in [7, 11) is 0. The smallest absolute Gasteiger partial charge is 0.143 e. The van der Waals surface area contributed by atoms with Gasteiger partial charge in [0.05, 0.1) is 6.04 Å². The lowest BCUT2D eigenvalue weighted by molar-refractivity contribution is 0.0411. The van der Waals surface area contributed by atoms with Crippen molar-refractivity contribution >= 4 is 10.8 Å². The van der Waals surface area contributed by atoms with Gasteiger partial charge >= 0.3 is 0 Å². The second-order valence-electron chi connectivity index (χ2n) is 7.39. The van der Waals surface area contributed by atoms with Crippen LogP contribution in [0.2, 0.25) is 0 Å². The molecule has 0 aliphatic carbocycles. The Morgan fingerprint density at radius 2 is 1.46 bits per heavy atom. The van der Waals surface area contributed by atoms with Crippen LogP contribution < -0.4 is 4.74 Å². The lowest BCUT2D eigenvalue weighted by Crippen LogP contribution is -2.39. The maximum absolute atomic E-state index is 6.26. The number of hydrogen-bond acceptors (Lipinski definition) is 2. The molecule has 0 fully saturated rings. The molecule has 28 heavy (non-hydrogen) atoms. The lowest BCUT2D eigenvalue weighted by atomic mass is 9.89. The highest BCUT2D eigenvalue weighted by Crippen LogP contribution is 2.45. The molecular formula is C26H23NO. The van der Waals surface area contributed by atoms with Crippen LogP contribution in [-0.4, -0.2) is 11.6 Å². The first kappa shape index (κ1) is 17.0. The van der Waals surface area contributed by atoms with Crippen molar-refractivity contribution in [3.63, 3.8) is 0 Å². The zero-order valence-corrected chi connectivity index (χ0v) is 16.0. The zero-order chi connectivity index (χ0) is 18.9. The molecule has 0 unspecified atom stereocenters. The number of fused-ring (bicyclic) bond motifs is 3. The Balaban J connectivity index is 1.71. The van der Waals surface area contributed by atoms with E-state index in [9.17, 15) is 0 Å². The van der Waals surface area contributed by atoms with Gasteiger partial charge in [-0.1, -0.05) is 91.0 Å². The number of rotatable bonds is 3.